The highest BCUT2D eigenvalue weighted by Gasteiger charge is 2.15. The third-order valence-corrected chi connectivity index (χ3v) is 3.67. The Labute approximate surface area is 131 Å². The van der Waals surface area contributed by atoms with Gasteiger partial charge in [0.2, 0.25) is 0 Å². The van der Waals surface area contributed by atoms with Crippen LogP contribution in [-0.4, -0.2) is 32.7 Å². The third-order valence-electron chi connectivity index (χ3n) is 3.48. The summed E-state index contributed by atoms with van der Waals surface area (Å²) in [4.78, 5) is 10.7. The Morgan fingerprint density at radius 1 is 1.14 bits per heavy atom. The van der Waals surface area contributed by atoms with Crippen molar-refractivity contribution in [1.82, 2.24) is 19.6 Å². The summed E-state index contributed by atoms with van der Waals surface area (Å²) in [7, 11) is 0. The molecule has 0 unspecified atom stereocenters. The van der Waals surface area contributed by atoms with Crippen LogP contribution in [0.5, 0.6) is 0 Å². The highest BCUT2D eigenvalue weighted by Crippen LogP contribution is 2.21. The van der Waals surface area contributed by atoms with Gasteiger partial charge in [0.05, 0.1) is 0 Å². The predicted molar refractivity (Wildman–Crippen MR) is 86.9 cm³/mol. The molecule has 0 N–H and O–H groups in total. The van der Waals surface area contributed by atoms with Gasteiger partial charge >= 0.3 is 0 Å². The minimum Gasteiger partial charge on any atom is -0.356 e. The number of hydrogen-bond acceptors (Lipinski definition) is 4. The molecular weight excluding hydrogens is 286 g/mol. The van der Waals surface area contributed by atoms with Gasteiger partial charge in [-0.25, -0.2) is 0 Å². The number of nitrogens with zero attached hydrogens (tertiary/aromatic N) is 5. The van der Waals surface area contributed by atoms with Gasteiger partial charge in [0.25, 0.3) is 5.78 Å². The lowest BCUT2D eigenvalue weighted by Crippen LogP contribution is -2.29. The van der Waals surface area contributed by atoms with Gasteiger partial charge in [-0.05, 0) is 24.7 Å². The number of fused-ring (bicyclic) bond motifs is 1. The van der Waals surface area contributed by atoms with E-state index in [0.717, 1.165) is 31.7 Å². The molecule has 0 aliphatic carbocycles. The number of aromatic nitrogens is 4. The lowest BCUT2D eigenvalue weighted by molar-refractivity contribution is 0.530. The van der Waals surface area contributed by atoms with Gasteiger partial charge in [-0.15, -0.1) is 0 Å². The maximum atomic E-state index is 6.13. The molecule has 0 amide bonds. The van der Waals surface area contributed by atoms with Crippen molar-refractivity contribution in [2.45, 2.75) is 40.5 Å². The Bertz CT molecular complexity index is 566. The molecule has 2 rings (SSSR count). The van der Waals surface area contributed by atoms with Gasteiger partial charge in [0.1, 0.15) is 17.3 Å². The molecule has 0 atom stereocenters. The fourth-order valence-corrected chi connectivity index (χ4v) is 2.34. The third kappa shape index (κ3) is 4.30. The standard InChI is InChI=1S/C15H24ClN5/c1-11(2)5-7-20(8-6-12(3)4)14-9-13(16)19-15-17-10-18-21(14)15/h9-12H,5-8H2,1-4H3. The Morgan fingerprint density at radius 3 is 2.33 bits per heavy atom. The van der Waals surface area contributed by atoms with Crippen molar-refractivity contribution in [3.8, 4) is 0 Å². The van der Waals surface area contributed by atoms with Gasteiger partial charge in [-0.2, -0.15) is 19.6 Å². The zero-order valence-electron chi connectivity index (χ0n) is 13.3. The second-order valence-electron chi connectivity index (χ2n) is 6.26. The summed E-state index contributed by atoms with van der Waals surface area (Å²) < 4.78 is 1.77. The average molecular weight is 310 g/mol. The molecule has 0 aliphatic heterocycles. The zero-order valence-corrected chi connectivity index (χ0v) is 14.0. The summed E-state index contributed by atoms with van der Waals surface area (Å²) in [5.74, 6) is 2.85. The summed E-state index contributed by atoms with van der Waals surface area (Å²) in [5, 5.41) is 4.74. The fourth-order valence-electron chi connectivity index (χ4n) is 2.16. The first-order chi connectivity index (χ1) is 9.97. The summed E-state index contributed by atoms with van der Waals surface area (Å²) in [6.07, 6.45) is 3.79. The molecule has 0 spiro atoms. The molecule has 0 bridgehead atoms. The van der Waals surface area contributed by atoms with Crippen molar-refractivity contribution < 1.29 is 0 Å². The molecular formula is C15H24ClN5. The van der Waals surface area contributed by atoms with Crippen LogP contribution in [0.15, 0.2) is 12.4 Å². The molecule has 0 saturated carbocycles. The molecule has 5 nitrogen and oxygen atoms in total. The van der Waals surface area contributed by atoms with Crippen molar-refractivity contribution in [2.75, 3.05) is 18.0 Å². The van der Waals surface area contributed by atoms with Gasteiger partial charge < -0.3 is 4.90 Å². The molecule has 2 heterocycles. The van der Waals surface area contributed by atoms with Gasteiger partial charge in [-0.1, -0.05) is 39.3 Å². The van der Waals surface area contributed by atoms with Gasteiger partial charge in [0.15, 0.2) is 0 Å². The van der Waals surface area contributed by atoms with E-state index in [1.807, 2.05) is 6.07 Å². The van der Waals surface area contributed by atoms with E-state index in [-0.39, 0.29) is 0 Å². The van der Waals surface area contributed by atoms with Crippen LogP contribution < -0.4 is 4.90 Å². The summed E-state index contributed by atoms with van der Waals surface area (Å²) in [5.41, 5.74) is 0. The monoisotopic (exact) mass is 309 g/mol. The normalized spacial score (nSPS) is 11.8. The lowest BCUT2D eigenvalue weighted by Gasteiger charge is -2.26. The minimum absolute atomic E-state index is 0.463. The lowest BCUT2D eigenvalue weighted by atomic mass is 10.1. The smallest absolute Gasteiger partial charge is 0.255 e. The van der Waals surface area contributed by atoms with Gasteiger partial charge in [0, 0.05) is 19.2 Å². The molecule has 0 saturated heterocycles. The van der Waals surface area contributed by atoms with Crippen LogP contribution in [0, 0.1) is 11.8 Å². The van der Waals surface area contributed by atoms with Crippen molar-refractivity contribution in [1.29, 1.82) is 0 Å². The largest absolute Gasteiger partial charge is 0.356 e. The van der Waals surface area contributed by atoms with Crippen molar-refractivity contribution in [2.24, 2.45) is 11.8 Å². The quantitative estimate of drug-likeness (QED) is 0.732. The molecule has 6 heteroatoms. The zero-order chi connectivity index (χ0) is 15.4. The Hall–Kier alpha value is -1.36. The first-order valence-electron chi connectivity index (χ1n) is 7.58. The molecule has 2 aromatic heterocycles. The van der Waals surface area contributed by atoms with Crippen LogP contribution in [0.2, 0.25) is 5.15 Å². The van der Waals surface area contributed by atoms with Crippen molar-refractivity contribution in [3.63, 3.8) is 0 Å². The first-order valence-corrected chi connectivity index (χ1v) is 7.96. The van der Waals surface area contributed by atoms with E-state index in [9.17, 15) is 0 Å². The van der Waals surface area contributed by atoms with Crippen LogP contribution in [0.4, 0.5) is 5.82 Å². The van der Waals surface area contributed by atoms with E-state index in [1.165, 1.54) is 6.33 Å². The summed E-state index contributed by atoms with van der Waals surface area (Å²) >= 11 is 6.13. The number of rotatable bonds is 7. The highest BCUT2D eigenvalue weighted by atomic mass is 35.5. The van der Waals surface area contributed by atoms with Crippen LogP contribution in [0.1, 0.15) is 40.5 Å². The summed E-state index contributed by atoms with van der Waals surface area (Å²) in [6, 6.07) is 1.88. The molecule has 2 aromatic rings. The SMILES string of the molecule is CC(C)CCN(CCC(C)C)c1cc(Cl)nc2ncnn12. The Balaban J connectivity index is 2.29. The van der Waals surface area contributed by atoms with Crippen LogP contribution in [0.3, 0.4) is 0 Å². The molecule has 21 heavy (non-hydrogen) atoms. The predicted octanol–water partition coefficient (Wildman–Crippen LogP) is 3.68. The molecule has 0 aliphatic rings. The second-order valence-corrected chi connectivity index (χ2v) is 6.65. The first kappa shape index (κ1) is 16.0. The van der Waals surface area contributed by atoms with Crippen molar-refractivity contribution >= 4 is 23.2 Å². The fraction of sp³-hybridized carbons (Fsp3) is 0.667. The molecule has 116 valence electrons. The highest BCUT2D eigenvalue weighted by molar-refractivity contribution is 6.29. The maximum absolute atomic E-state index is 6.13. The number of hydrogen-bond donors (Lipinski definition) is 0. The van der Waals surface area contributed by atoms with Gasteiger partial charge in [-0.3, -0.25) is 0 Å². The summed E-state index contributed by atoms with van der Waals surface area (Å²) in [6.45, 7) is 10.9. The minimum atomic E-state index is 0.463. The Morgan fingerprint density at radius 2 is 1.76 bits per heavy atom. The van der Waals surface area contributed by atoms with Crippen LogP contribution in [0.25, 0.3) is 5.78 Å². The van der Waals surface area contributed by atoms with E-state index in [1.54, 1.807) is 4.52 Å². The maximum Gasteiger partial charge on any atom is 0.255 e. The van der Waals surface area contributed by atoms with E-state index in [2.05, 4.69) is 47.7 Å². The second kappa shape index (κ2) is 7.07. The van der Waals surface area contributed by atoms with Crippen molar-refractivity contribution in [3.05, 3.63) is 17.5 Å². The van der Waals surface area contributed by atoms with E-state index >= 15 is 0 Å². The molecule has 0 aromatic carbocycles. The van der Waals surface area contributed by atoms with E-state index in [4.69, 9.17) is 11.6 Å². The Kier molecular flexibility index (Phi) is 5.39. The van der Waals surface area contributed by atoms with Crippen LogP contribution in [-0.2, 0) is 0 Å². The van der Waals surface area contributed by atoms with E-state index < -0.39 is 0 Å². The molecule has 0 radical (unpaired) electrons. The topological polar surface area (TPSA) is 46.3 Å². The van der Waals surface area contributed by atoms with E-state index in [0.29, 0.717) is 22.8 Å². The average Bonchev–Trinajstić information content (AvgIpc) is 2.85. The number of halogens is 1. The molecule has 0 fully saturated rings. The number of anilines is 1. The van der Waals surface area contributed by atoms with Crippen LogP contribution >= 0.6 is 11.6 Å².